The van der Waals surface area contributed by atoms with Gasteiger partial charge < -0.3 is 20.1 Å². The number of likely N-dealkylation sites (tertiary alicyclic amines) is 1. The van der Waals surface area contributed by atoms with Crippen molar-refractivity contribution in [3.05, 3.63) is 0 Å². The Labute approximate surface area is 111 Å². The third-order valence-corrected chi connectivity index (χ3v) is 4.11. The zero-order valence-electron chi connectivity index (χ0n) is 11.8. The molecule has 0 saturated carbocycles. The summed E-state index contributed by atoms with van der Waals surface area (Å²) in [4.78, 5) is 2.42. The van der Waals surface area contributed by atoms with Crippen LogP contribution in [0.1, 0.15) is 33.1 Å². The molecule has 18 heavy (non-hydrogen) atoms. The number of nitrogens with zero attached hydrogens (tertiary/aromatic N) is 1. The SMILES string of the molecule is CC(C)NCC1(CN2CCCC(O)C2)CCOC1. The third-order valence-electron chi connectivity index (χ3n) is 4.11. The van der Waals surface area contributed by atoms with Crippen LogP contribution < -0.4 is 5.32 Å². The Morgan fingerprint density at radius 1 is 1.50 bits per heavy atom. The standard InChI is InChI=1S/C14H28N2O2/c1-12(2)15-9-14(5-7-18-11-14)10-16-6-3-4-13(17)8-16/h12-13,15,17H,3-11H2,1-2H3. The number of aliphatic hydroxyl groups is 1. The number of rotatable bonds is 5. The summed E-state index contributed by atoms with van der Waals surface area (Å²) < 4.78 is 5.63. The first-order valence-corrected chi connectivity index (χ1v) is 7.31. The molecule has 0 radical (unpaired) electrons. The van der Waals surface area contributed by atoms with Gasteiger partial charge in [-0.1, -0.05) is 13.8 Å². The van der Waals surface area contributed by atoms with Gasteiger partial charge in [-0.2, -0.15) is 0 Å². The van der Waals surface area contributed by atoms with E-state index in [1.807, 2.05) is 0 Å². The number of piperidine rings is 1. The van der Waals surface area contributed by atoms with Gasteiger partial charge in [0.05, 0.1) is 12.7 Å². The van der Waals surface area contributed by atoms with Gasteiger partial charge >= 0.3 is 0 Å². The maximum Gasteiger partial charge on any atom is 0.0667 e. The van der Waals surface area contributed by atoms with Crippen LogP contribution >= 0.6 is 0 Å². The van der Waals surface area contributed by atoms with Gasteiger partial charge in [-0.15, -0.1) is 0 Å². The van der Waals surface area contributed by atoms with Crippen molar-refractivity contribution in [3.8, 4) is 0 Å². The summed E-state index contributed by atoms with van der Waals surface area (Å²) >= 11 is 0. The molecule has 0 aliphatic carbocycles. The Kier molecular flexibility index (Phi) is 5.01. The van der Waals surface area contributed by atoms with E-state index < -0.39 is 0 Å². The predicted octanol–water partition coefficient (Wildman–Crippen LogP) is 0.848. The zero-order chi connectivity index (χ0) is 13.0. The molecule has 106 valence electrons. The monoisotopic (exact) mass is 256 g/mol. The number of nitrogens with one attached hydrogen (secondary N) is 1. The minimum atomic E-state index is -0.129. The summed E-state index contributed by atoms with van der Waals surface area (Å²) in [5.74, 6) is 0. The van der Waals surface area contributed by atoms with Gasteiger partial charge in [0.1, 0.15) is 0 Å². The maximum atomic E-state index is 9.77. The zero-order valence-corrected chi connectivity index (χ0v) is 11.8. The largest absolute Gasteiger partial charge is 0.392 e. The smallest absolute Gasteiger partial charge is 0.0667 e. The van der Waals surface area contributed by atoms with Gasteiger partial charge in [-0.3, -0.25) is 0 Å². The lowest BCUT2D eigenvalue weighted by Gasteiger charge is -2.38. The van der Waals surface area contributed by atoms with Crippen molar-refractivity contribution < 1.29 is 9.84 Å². The normalized spacial score (nSPS) is 34.3. The fraction of sp³-hybridized carbons (Fsp3) is 1.00. The average Bonchev–Trinajstić information content (AvgIpc) is 2.76. The molecule has 2 aliphatic rings. The van der Waals surface area contributed by atoms with E-state index in [4.69, 9.17) is 4.74 Å². The van der Waals surface area contributed by atoms with Crippen molar-refractivity contribution in [1.29, 1.82) is 0 Å². The van der Waals surface area contributed by atoms with E-state index in [2.05, 4.69) is 24.1 Å². The van der Waals surface area contributed by atoms with Gasteiger partial charge in [0.2, 0.25) is 0 Å². The molecule has 4 nitrogen and oxygen atoms in total. The fourth-order valence-electron chi connectivity index (χ4n) is 3.04. The van der Waals surface area contributed by atoms with Crippen LogP contribution in [-0.2, 0) is 4.74 Å². The van der Waals surface area contributed by atoms with E-state index in [0.29, 0.717) is 6.04 Å². The van der Waals surface area contributed by atoms with Gasteiger partial charge in [0.15, 0.2) is 0 Å². The molecule has 0 amide bonds. The van der Waals surface area contributed by atoms with Gasteiger partial charge in [0, 0.05) is 37.7 Å². The van der Waals surface area contributed by atoms with Crippen LogP contribution in [0.4, 0.5) is 0 Å². The summed E-state index contributed by atoms with van der Waals surface area (Å²) in [6, 6.07) is 0.523. The predicted molar refractivity (Wildman–Crippen MR) is 72.7 cm³/mol. The molecule has 2 N–H and O–H groups in total. The first-order valence-electron chi connectivity index (χ1n) is 7.31. The maximum absolute atomic E-state index is 9.77. The van der Waals surface area contributed by atoms with Crippen molar-refractivity contribution in [1.82, 2.24) is 10.2 Å². The summed E-state index contributed by atoms with van der Waals surface area (Å²) in [6.45, 7) is 10.2. The van der Waals surface area contributed by atoms with Gasteiger partial charge in [-0.25, -0.2) is 0 Å². The van der Waals surface area contributed by atoms with Crippen molar-refractivity contribution in [2.75, 3.05) is 39.4 Å². The lowest BCUT2D eigenvalue weighted by Crippen LogP contribution is -2.49. The highest BCUT2D eigenvalue weighted by molar-refractivity contribution is 4.90. The Morgan fingerprint density at radius 2 is 2.33 bits per heavy atom. The van der Waals surface area contributed by atoms with Crippen LogP contribution in [0.2, 0.25) is 0 Å². The molecule has 2 rings (SSSR count). The molecule has 2 heterocycles. The summed E-state index contributed by atoms with van der Waals surface area (Å²) in [5, 5.41) is 13.3. The van der Waals surface area contributed by atoms with Crippen molar-refractivity contribution in [3.63, 3.8) is 0 Å². The van der Waals surface area contributed by atoms with Crippen LogP contribution in [0.3, 0.4) is 0 Å². The summed E-state index contributed by atoms with van der Waals surface area (Å²) in [5.41, 5.74) is 0.251. The minimum Gasteiger partial charge on any atom is -0.392 e. The van der Waals surface area contributed by atoms with E-state index in [9.17, 15) is 5.11 Å². The highest BCUT2D eigenvalue weighted by Crippen LogP contribution is 2.30. The third kappa shape index (κ3) is 3.92. The van der Waals surface area contributed by atoms with Crippen LogP contribution in [0.25, 0.3) is 0 Å². The lowest BCUT2D eigenvalue weighted by molar-refractivity contribution is 0.0374. The van der Waals surface area contributed by atoms with Gasteiger partial charge in [-0.05, 0) is 25.8 Å². The van der Waals surface area contributed by atoms with E-state index in [1.165, 1.54) is 0 Å². The van der Waals surface area contributed by atoms with Crippen LogP contribution in [-0.4, -0.2) is 61.5 Å². The molecule has 0 spiro atoms. The lowest BCUT2D eigenvalue weighted by atomic mass is 9.85. The number of ether oxygens (including phenoxy) is 1. The summed E-state index contributed by atoms with van der Waals surface area (Å²) in [6.07, 6.45) is 3.09. The van der Waals surface area contributed by atoms with E-state index >= 15 is 0 Å². The average molecular weight is 256 g/mol. The molecule has 0 aromatic carbocycles. The van der Waals surface area contributed by atoms with E-state index in [-0.39, 0.29) is 11.5 Å². The molecule has 4 heteroatoms. The van der Waals surface area contributed by atoms with Crippen LogP contribution in [0.5, 0.6) is 0 Å². The van der Waals surface area contributed by atoms with E-state index in [0.717, 1.165) is 58.7 Å². The number of β-amino-alcohol motifs (C(OH)–C–C–N with tert-alkyl or cyclic N) is 1. The second-order valence-corrected chi connectivity index (χ2v) is 6.37. The Balaban J connectivity index is 1.88. The number of hydrogen-bond acceptors (Lipinski definition) is 4. The first-order chi connectivity index (χ1) is 8.60. The molecule has 2 aliphatic heterocycles. The van der Waals surface area contributed by atoms with Gasteiger partial charge in [0.25, 0.3) is 0 Å². The molecule has 0 bridgehead atoms. The van der Waals surface area contributed by atoms with Crippen LogP contribution in [0, 0.1) is 5.41 Å². The molecule has 0 aromatic heterocycles. The van der Waals surface area contributed by atoms with Crippen molar-refractivity contribution >= 4 is 0 Å². The molecular formula is C14H28N2O2. The second-order valence-electron chi connectivity index (χ2n) is 6.37. The summed E-state index contributed by atoms with van der Waals surface area (Å²) in [7, 11) is 0. The quantitative estimate of drug-likeness (QED) is 0.765. The highest BCUT2D eigenvalue weighted by Gasteiger charge is 2.37. The fourth-order valence-corrected chi connectivity index (χ4v) is 3.04. The van der Waals surface area contributed by atoms with E-state index in [1.54, 1.807) is 0 Å². The van der Waals surface area contributed by atoms with Crippen LogP contribution in [0.15, 0.2) is 0 Å². The number of hydrogen-bond donors (Lipinski definition) is 2. The Bertz CT molecular complexity index is 252. The molecular weight excluding hydrogens is 228 g/mol. The molecule has 2 unspecified atom stereocenters. The molecule has 2 atom stereocenters. The minimum absolute atomic E-state index is 0.129. The molecule has 2 saturated heterocycles. The topological polar surface area (TPSA) is 44.7 Å². The molecule has 0 aromatic rings. The molecule has 2 fully saturated rings. The Morgan fingerprint density at radius 3 is 2.94 bits per heavy atom. The van der Waals surface area contributed by atoms with Crippen molar-refractivity contribution in [2.24, 2.45) is 5.41 Å². The number of aliphatic hydroxyl groups excluding tert-OH is 1. The van der Waals surface area contributed by atoms with Crippen molar-refractivity contribution in [2.45, 2.75) is 45.3 Å². The second kappa shape index (κ2) is 6.33. The first kappa shape index (κ1) is 14.3. The Hall–Kier alpha value is -0.160. The highest BCUT2D eigenvalue weighted by atomic mass is 16.5.